The first-order valence-electron chi connectivity index (χ1n) is 9.08. The third kappa shape index (κ3) is 8.07. The van der Waals surface area contributed by atoms with Gasteiger partial charge in [0.2, 0.25) is 17.7 Å². The van der Waals surface area contributed by atoms with E-state index in [1.807, 2.05) is 25.1 Å². The minimum absolute atomic E-state index is 0.0806. The molecular weight excluding hydrogens is 364 g/mol. The van der Waals surface area contributed by atoms with Gasteiger partial charge in [-0.05, 0) is 18.4 Å². The number of primary amides is 1. The standard InChI is InChI=1S/C19H28N4O5/c1-4-12(2)16(17(20)25)23-18(26)13(3)22-15(24)10-21-19(27)28-11-14-8-6-5-7-9-14/h5-9,12-13,16H,4,10-11H2,1-3H3,(H2,20,25)(H,21,27)(H,22,24)(H,23,26)/t12-,13-,16-/m0/s1. The summed E-state index contributed by atoms with van der Waals surface area (Å²) in [6.07, 6.45) is -0.0921. The second-order valence-corrected chi connectivity index (χ2v) is 6.48. The summed E-state index contributed by atoms with van der Waals surface area (Å²) in [7, 11) is 0. The maximum atomic E-state index is 12.2. The summed E-state index contributed by atoms with van der Waals surface area (Å²) in [5.41, 5.74) is 6.13. The topological polar surface area (TPSA) is 140 Å². The number of rotatable bonds is 10. The van der Waals surface area contributed by atoms with Gasteiger partial charge in [-0.3, -0.25) is 14.4 Å². The first-order chi connectivity index (χ1) is 13.2. The van der Waals surface area contributed by atoms with Gasteiger partial charge >= 0.3 is 6.09 Å². The lowest BCUT2D eigenvalue weighted by Crippen LogP contribution is -2.54. The van der Waals surface area contributed by atoms with Crippen molar-refractivity contribution in [1.29, 1.82) is 0 Å². The van der Waals surface area contributed by atoms with Crippen LogP contribution >= 0.6 is 0 Å². The maximum absolute atomic E-state index is 12.2. The zero-order valence-corrected chi connectivity index (χ0v) is 16.4. The van der Waals surface area contributed by atoms with Crippen molar-refractivity contribution in [2.45, 2.75) is 45.9 Å². The van der Waals surface area contributed by atoms with E-state index in [2.05, 4.69) is 16.0 Å². The predicted octanol–water partition coefficient (Wildman–Crippen LogP) is 0.434. The average molecular weight is 392 g/mol. The predicted molar refractivity (Wildman–Crippen MR) is 103 cm³/mol. The summed E-state index contributed by atoms with van der Waals surface area (Å²) in [5.74, 6) is -1.88. The summed E-state index contributed by atoms with van der Waals surface area (Å²) >= 11 is 0. The molecule has 28 heavy (non-hydrogen) atoms. The Bertz CT molecular complexity index is 680. The summed E-state index contributed by atoms with van der Waals surface area (Å²) in [4.78, 5) is 47.2. The van der Waals surface area contributed by atoms with Crippen molar-refractivity contribution in [3.63, 3.8) is 0 Å². The lowest BCUT2D eigenvalue weighted by Gasteiger charge is -2.23. The van der Waals surface area contributed by atoms with Crippen molar-refractivity contribution >= 4 is 23.8 Å². The Balaban J connectivity index is 2.37. The van der Waals surface area contributed by atoms with Gasteiger partial charge in [0.1, 0.15) is 25.2 Å². The van der Waals surface area contributed by atoms with Crippen molar-refractivity contribution in [3.05, 3.63) is 35.9 Å². The van der Waals surface area contributed by atoms with E-state index in [9.17, 15) is 19.2 Å². The van der Waals surface area contributed by atoms with E-state index in [1.165, 1.54) is 6.92 Å². The van der Waals surface area contributed by atoms with E-state index in [-0.39, 0.29) is 19.1 Å². The molecule has 1 rings (SSSR count). The quantitative estimate of drug-likeness (QED) is 0.457. The Morgan fingerprint density at radius 2 is 1.71 bits per heavy atom. The second-order valence-electron chi connectivity index (χ2n) is 6.48. The molecule has 1 aromatic rings. The number of hydrogen-bond acceptors (Lipinski definition) is 5. The SMILES string of the molecule is CC[C@H](C)[C@H](NC(=O)[C@H](C)NC(=O)CNC(=O)OCc1ccccc1)C(N)=O. The smallest absolute Gasteiger partial charge is 0.407 e. The Morgan fingerprint density at radius 1 is 1.07 bits per heavy atom. The van der Waals surface area contributed by atoms with Gasteiger partial charge in [0.05, 0.1) is 0 Å². The fourth-order valence-corrected chi connectivity index (χ4v) is 2.29. The van der Waals surface area contributed by atoms with Crippen LogP contribution in [0.25, 0.3) is 0 Å². The minimum Gasteiger partial charge on any atom is -0.445 e. The number of ether oxygens (including phenoxy) is 1. The molecule has 0 saturated carbocycles. The third-order valence-electron chi connectivity index (χ3n) is 4.19. The molecule has 3 atom stereocenters. The van der Waals surface area contributed by atoms with Crippen molar-refractivity contribution < 1.29 is 23.9 Å². The molecule has 0 bridgehead atoms. The van der Waals surface area contributed by atoms with Crippen LogP contribution in [0.1, 0.15) is 32.8 Å². The Morgan fingerprint density at radius 3 is 2.29 bits per heavy atom. The lowest BCUT2D eigenvalue weighted by atomic mass is 9.98. The number of carbonyl (C=O) groups excluding carboxylic acids is 4. The number of alkyl carbamates (subject to hydrolysis) is 1. The van der Waals surface area contributed by atoms with Crippen LogP contribution in [0.5, 0.6) is 0 Å². The van der Waals surface area contributed by atoms with Crippen LogP contribution in [-0.4, -0.2) is 42.4 Å². The number of nitrogens with two attached hydrogens (primary N) is 1. The highest BCUT2D eigenvalue weighted by molar-refractivity contribution is 5.92. The Labute approximate surface area is 164 Å². The largest absolute Gasteiger partial charge is 0.445 e. The molecule has 0 heterocycles. The molecule has 9 heteroatoms. The van der Waals surface area contributed by atoms with Gasteiger partial charge in [0.15, 0.2) is 0 Å². The van der Waals surface area contributed by atoms with E-state index in [4.69, 9.17) is 10.5 Å². The first kappa shape index (κ1) is 22.9. The van der Waals surface area contributed by atoms with Gasteiger partial charge in [-0.25, -0.2) is 4.79 Å². The molecule has 0 aromatic heterocycles. The molecule has 9 nitrogen and oxygen atoms in total. The van der Waals surface area contributed by atoms with Crippen molar-refractivity contribution in [2.75, 3.05) is 6.54 Å². The van der Waals surface area contributed by atoms with Gasteiger partial charge < -0.3 is 26.4 Å². The highest BCUT2D eigenvalue weighted by Crippen LogP contribution is 2.07. The summed E-state index contributed by atoms with van der Waals surface area (Å²) in [6, 6.07) is 7.38. The molecule has 0 radical (unpaired) electrons. The zero-order chi connectivity index (χ0) is 21.1. The fraction of sp³-hybridized carbons (Fsp3) is 0.474. The van der Waals surface area contributed by atoms with Crippen LogP contribution in [0.15, 0.2) is 30.3 Å². The molecule has 0 fully saturated rings. The van der Waals surface area contributed by atoms with Gasteiger partial charge in [-0.2, -0.15) is 0 Å². The van der Waals surface area contributed by atoms with Crippen molar-refractivity contribution in [1.82, 2.24) is 16.0 Å². The third-order valence-corrected chi connectivity index (χ3v) is 4.19. The van der Waals surface area contributed by atoms with E-state index < -0.39 is 35.9 Å². The molecule has 0 aliphatic rings. The van der Waals surface area contributed by atoms with Crippen molar-refractivity contribution in [2.24, 2.45) is 11.7 Å². The van der Waals surface area contributed by atoms with Crippen LogP contribution in [0, 0.1) is 5.92 Å². The van der Waals surface area contributed by atoms with Gasteiger partial charge in [-0.1, -0.05) is 50.6 Å². The average Bonchev–Trinajstić information content (AvgIpc) is 2.68. The second kappa shape index (κ2) is 11.6. The summed E-state index contributed by atoms with van der Waals surface area (Å²) in [5, 5.41) is 7.28. The molecule has 1 aromatic carbocycles. The fourth-order valence-electron chi connectivity index (χ4n) is 2.29. The number of hydrogen-bond donors (Lipinski definition) is 4. The Hall–Kier alpha value is -3.10. The van der Waals surface area contributed by atoms with Gasteiger partial charge in [-0.15, -0.1) is 0 Å². The molecule has 5 N–H and O–H groups in total. The van der Waals surface area contributed by atoms with E-state index in [0.29, 0.717) is 6.42 Å². The molecule has 0 aliphatic carbocycles. The molecule has 4 amide bonds. The number of amides is 4. The molecule has 0 spiro atoms. The highest BCUT2D eigenvalue weighted by Gasteiger charge is 2.26. The van der Waals surface area contributed by atoms with Crippen molar-refractivity contribution in [3.8, 4) is 0 Å². The maximum Gasteiger partial charge on any atom is 0.407 e. The van der Waals surface area contributed by atoms with Crippen LogP contribution in [-0.2, 0) is 25.7 Å². The van der Waals surface area contributed by atoms with E-state index in [0.717, 1.165) is 5.56 Å². The van der Waals surface area contributed by atoms with E-state index >= 15 is 0 Å². The molecule has 154 valence electrons. The monoisotopic (exact) mass is 392 g/mol. The van der Waals surface area contributed by atoms with Gasteiger partial charge in [0.25, 0.3) is 0 Å². The first-order valence-corrected chi connectivity index (χ1v) is 9.08. The number of benzene rings is 1. The minimum atomic E-state index is -0.902. The normalized spacial score (nSPS) is 13.5. The van der Waals surface area contributed by atoms with Crippen LogP contribution in [0.3, 0.4) is 0 Å². The number of nitrogens with one attached hydrogen (secondary N) is 3. The molecule has 0 aliphatic heterocycles. The number of carbonyl (C=O) groups is 4. The van der Waals surface area contributed by atoms with Crippen LogP contribution < -0.4 is 21.7 Å². The van der Waals surface area contributed by atoms with E-state index in [1.54, 1.807) is 19.1 Å². The van der Waals surface area contributed by atoms with Crippen LogP contribution in [0.2, 0.25) is 0 Å². The van der Waals surface area contributed by atoms with Crippen LogP contribution in [0.4, 0.5) is 4.79 Å². The summed E-state index contributed by atoms with van der Waals surface area (Å²) < 4.78 is 4.99. The molecular formula is C19H28N4O5. The van der Waals surface area contributed by atoms with Gasteiger partial charge in [0, 0.05) is 0 Å². The Kier molecular flexibility index (Phi) is 9.49. The highest BCUT2D eigenvalue weighted by atomic mass is 16.5. The molecule has 0 saturated heterocycles. The lowest BCUT2D eigenvalue weighted by molar-refractivity contribution is -0.131. The zero-order valence-electron chi connectivity index (χ0n) is 16.4. The molecule has 0 unspecified atom stereocenters. The summed E-state index contributed by atoms with van der Waals surface area (Å²) in [6.45, 7) is 4.87.